The average molecular weight is 351 g/mol. The highest BCUT2D eigenvalue weighted by Gasteiger charge is 1.99. The van der Waals surface area contributed by atoms with Crippen LogP contribution < -0.4 is 0 Å². The van der Waals surface area contributed by atoms with Crippen LogP contribution in [0.2, 0.25) is 0 Å². The first kappa shape index (κ1) is 16.6. The predicted octanol–water partition coefficient (Wildman–Crippen LogP) is 7.16. The molecule has 2 heteroatoms. The van der Waals surface area contributed by atoms with Crippen molar-refractivity contribution in [3.05, 3.63) is 107 Å². The SMILES string of the molecule is Cl/C(=C\c1ccc(/C=C(\Cl)c2ccccc2)cc1)c1ccccc1. The molecule has 0 aliphatic heterocycles. The molecule has 0 heterocycles. The third-order valence-electron chi connectivity index (χ3n) is 3.62. The van der Waals surface area contributed by atoms with E-state index in [1.807, 2.05) is 97.1 Å². The Labute approximate surface area is 152 Å². The van der Waals surface area contributed by atoms with E-state index in [9.17, 15) is 0 Å². The highest BCUT2D eigenvalue weighted by Crippen LogP contribution is 2.24. The lowest BCUT2D eigenvalue weighted by molar-refractivity contribution is 1.61. The van der Waals surface area contributed by atoms with Crippen molar-refractivity contribution in [2.24, 2.45) is 0 Å². The Morgan fingerprint density at radius 1 is 0.500 bits per heavy atom. The van der Waals surface area contributed by atoms with E-state index in [2.05, 4.69) is 0 Å². The summed E-state index contributed by atoms with van der Waals surface area (Å²) in [6.45, 7) is 0. The fraction of sp³-hybridized carbons (Fsp3) is 0. The van der Waals surface area contributed by atoms with Crippen molar-refractivity contribution in [3.8, 4) is 0 Å². The molecule has 0 spiro atoms. The van der Waals surface area contributed by atoms with E-state index in [1.54, 1.807) is 0 Å². The Balaban J connectivity index is 1.79. The second-order valence-electron chi connectivity index (χ2n) is 5.38. The van der Waals surface area contributed by atoms with Crippen molar-refractivity contribution in [2.75, 3.05) is 0 Å². The monoisotopic (exact) mass is 350 g/mol. The molecule has 0 fully saturated rings. The van der Waals surface area contributed by atoms with E-state index in [1.165, 1.54) is 0 Å². The lowest BCUT2D eigenvalue weighted by Gasteiger charge is -2.02. The Morgan fingerprint density at radius 3 is 1.17 bits per heavy atom. The van der Waals surface area contributed by atoms with Gasteiger partial charge >= 0.3 is 0 Å². The summed E-state index contributed by atoms with van der Waals surface area (Å²) in [7, 11) is 0. The molecule has 0 unspecified atom stereocenters. The van der Waals surface area contributed by atoms with Gasteiger partial charge in [-0.1, -0.05) is 108 Å². The smallest absolute Gasteiger partial charge is 0.0484 e. The van der Waals surface area contributed by atoms with Crippen molar-refractivity contribution in [2.45, 2.75) is 0 Å². The molecule has 0 saturated carbocycles. The molecule has 0 bridgehead atoms. The molecular weight excluding hydrogens is 335 g/mol. The van der Waals surface area contributed by atoms with Crippen LogP contribution in [0, 0.1) is 0 Å². The largest absolute Gasteiger partial charge is 0.0837 e. The topological polar surface area (TPSA) is 0 Å². The molecule has 24 heavy (non-hydrogen) atoms. The van der Waals surface area contributed by atoms with Crippen LogP contribution in [-0.4, -0.2) is 0 Å². The molecule has 3 rings (SSSR count). The molecule has 0 saturated heterocycles. The normalized spacial score (nSPS) is 12.2. The molecule has 3 aromatic rings. The third-order valence-corrected chi connectivity index (χ3v) is 4.28. The highest BCUT2D eigenvalue weighted by molar-refractivity contribution is 6.51. The zero-order chi connectivity index (χ0) is 16.8. The van der Waals surface area contributed by atoms with Gasteiger partial charge in [0.15, 0.2) is 0 Å². The van der Waals surface area contributed by atoms with E-state index in [0.717, 1.165) is 32.3 Å². The predicted molar refractivity (Wildman–Crippen MR) is 107 cm³/mol. The van der Waals surface area contributed by atoms with Gasteiger partial charge < -0.3 is 0 Å². The number of halogens is 2. The summed E-state index contributed by atoms with van der Waals surface area (Å²) in [5.41, 5.74) is 4.12. The van der Waals surface area contributed by atoms with Gasteiger partial charge in [-0.3, -0.25) is 0 Å². The summed E-state index contributed by atoms with van der Waals surface area (Å²) in [5.74, 6) is 0. The quantitative estimate of drug-likeness (QED) is 0.437. The first-order chi connectivity index (χ1) is 11.7. The van der Waals surface area contributed by atoms with Crippen molar-refractivity contribution in [1.82, 2.24) is 0 Å². The highest BCUT2D eigenvalue weighted by atomic mass is 35.5. The van der Waals surface area contributed by atoms with Gasteiger partial charge in [-0.05, 0) is 34.4 Å². The van der Waals surface area contributed by atoms with E-state index in [-0.39, 0.29) is 0 Å². The van der Waals surface area contributed by atoms with Crippen molar-refractivity contribution in [3.63, 3.8) is 0 Å². The fourth-order valence-corrected chi connectivity index (χ4v) is 2.85. The average Bonchev–Trinajstić information content (AvgIpc) is 2.65. The minimum atomic E-state index is 0.723. The van der Waals surface area contributed by atoms with E-state index < -0.39 is 0 Å². The zero-order valence-corrected chi connectivity index (χ0v) is 14.5. The maximum absolute atomic E-state index is 6.37. The van der Waals surface area contributed by atoms with Crippen molar-refractivity contribution < 1.29 is 0 Å². The number of benzene rings is 3. The molecule has 0 aliphatic rings. The Bertz CT molecular complexity index is 771. The minimum absolute atomic E-state index is 0.723. The van der Waals surface area contributed by atoms with Crippen LogP contribution in [0.3, 0.4) is 0 Å². The first-order valence-corrected chi connectivity index (χ1v) is 8.43. The molecule has 0 N–H and O–H groups in total. The molecule has 0 radical (unpaired) electrons. The van der Waals surface area contributed by atoms with Crippen LogP contribution in [-0.2, 0) is 0 Å². The second kappa shape index (κ2) is 8.01. The number of rotatable bonds is 4. The van der Waals surface area contributed by atoms with Crippen LogP contribution in [0.1, 0.15) is 22.3 Å². The molecule has 0 aromatic heterocycles. The molecule has 0 atom stereocenters. The van der Waals surface area contributed by atoms with Gasteiger partial charge in [-0.2, -0.15) is 0 Å². The molecule has 0 aliphatic carbocycles. The van der Waals surface area contributed by atoms with Gasteiger partial charge in [0.1, 0.15) is 0 Å². The summed E-state index contributed by atoms with van der Waals surface area (Å²) in [6, 6.07) is 28.0. The first-order valence-electron chi connectivity index (χ1n) is 7.68. The summed E-state index contributed by atoms with van der Waals surface area (Å²) in [5, 5.41) is 1.45. The molecule has 0 nitrogen and oxygen atoms in total. The van der Waals surface area contributed by atoms with Gasteiger partial charge in [0, 0.05) is 10.1 Å². The lowest BCUT2D eigenvalue weighted by atomic mass is 10.1. The number of hydrogen-bond acceptors (Lipinski definition) is 0. The zero-order valence-electron chi connectivity index (χ0n) is 13.0. The van der Waals surface area contributed by atoms with E-state index in [4.69, 9.17) is 23.2 Å². The van der Waals surface area contributed by atoms with Crippen LogP contribution in [0.25, 0.3) is 22.2 Å². The van der Waals surface area contributed by atoms with Crippen LogP contribution in [0.5, 0.6) is 0 Å². The summed E-state index contributed by atoms with van der Waals surface area (Å²) < 4.78 is 0. The Kier molecular flexibility index (Phi) is 5.53. The van der Waals surface area contributed by atoms with Gasteiger partial charge in [-0.15, -0.1) is 0 Å². The molecular formula is C22H16Cl2. The minimum Gasteiger partial charge on any atom is -0.0837 e. The summed E-state index contributed by atoms with van der Waals surface area (Å²) >= 11 is 12.7. The Hall–Kier alpha value is -2.28. The van der Waals surface area contributed by atoms with Gasteiger partial charge in [0.25, 0.3) is 0 Å². The van der Waals surface area contributed by atoms with Crippen LogP contribution in [0.15, 0.2) is 84.9 Å². The van der Waals surface area contributed by atoms with Gasteiger partial charge in [-0.25, -0.2) is 0 Å². The van der Waals surface area contributed by atoms with Crippen LogP contribution >= 0.6 is 23.2 Å². The standard InChI is InChI=1S/C22H16Cl2/c23-21(19-7-3-1-4-8-19)15-17-11-13-18(14-12-17)16-22(24)20-9-5-2-6-10-20/h1-16H/b21-15-,22-16-. The maximum atomic E-state index is 6.37. The second-order valence-corrected chi connectivity index (χ2v) is 6.20. The van der Waals surface area contributed by atoms with Crippen LogP contribution in [0.4, 0.5) is 0 Å². The third kappa shape index (κ3) is 4.38. The Morgan fingerprint density at radius 2 is 0.833 bits per heavy atom. The summed E-state index contributed by atoms with van der Waals surface area (Å²) in [6.07, 6.45) is 3.92. The summed E-state index contributed by atoms with van der Waals surface area (Å²) in [4.78, 5) is 0. The van der Waals surface area contributed by atoms with Crippen molar-refractivity contribution >= 4 is 45.4 Å². The lowest BCUT2D eigenvalue weighted by Crippen LogP contribution is -1.80. The fourth-order valence-electron chi connectivity index (χ4n) is 2.34. The van der Waals surface area contributed by atoms with E-state index in [0.29, 0.717) is 0 Å². The molecule has 3 aromatic carbocycles. The number of hydrogen-bond donors (Lipinski definition) is 0. The molecule has 0 amide bonds. The maximum Gasteiger partial charge on any atom is 0.0484 e. The van der Waals surface area contributed by atoms with Gasteiger partial charge in [0.05, 0.1) is 0 Å². The molecule has 118 valence electrons. The van der Waals surface area contributed by atoms with Crippen molar-refractivity contribution in [1.29, 1.82) is 0 Å². The van der Waals surface area contributed by atoms with Gasteiger partial charge in [0.2, 0.25) is 0 Å². The van der Waals surface area contributed by atoms with E-state index >= 15 is 0 Å².